The van der Waals surface area contributed by atoms with Crippen LogP contribution in [0.5, 0.6) is 0 Å². The minimum atomic E-state index is -0.157. The van der Waals surface area contributed by atoms with E-state index in [1.807, 2.05) is 52.7 Å². The number of carbonyl (C=O) groups is 1. The number of anilines is 2. The van der Waals surface area contributed by atoms with E-state index in [0.717, 1.165) is 36.3 Å². The second-order valence-electron chi connectivity index (χ2n) is 7.47. The van der Waals surface area contributed by atoms with E-state index in [9.17, 15) is 4.79 Å². The summed E-state index contributed by atoms with van der Waals surface area (Å²) in [6, 6.07) is 11.9. The van der Waals surface area contributed by atoms with Gasteiger partial charge in [0.1, 0.15) is 5.69 Å². The Hall–Kier alpha value is -3.52. The van der Waals surface area contributed by atoms with Crippen molar-refractivity contribution in [1.29, 1.82) is 0 Å². The lowest BCUT2D eigenvalue weighted by Crippen LogP contribution is -2.23. The quantitative estimate of drug-likeness (QED) is 0.491. The third kappa shape index (κ3) is 4.20. The van der Waals surface area contributed by atoms with Gasteiger partial charge in [0.2, 0.25) is 0 Å². The Morgan fingerprint density at radius 2 is 2.03 bits per heavy atom. The van der Waals surface area contributed by atoms with Gasteiger partial charge in [0.05, 0.1) is 23.6 Å². The van der Waals surface area contributed by atoms with Crippen LogP contribution in [-0.4, -0.2) is 32.0 Å². The topological polar surface area (TPSA) is 75.9 Å². The highest BCUT2D eigenvalue weighted by Crippen LogP contribution is 2.36. The largest absolute Gasteiger partial charge is 0.362 e. The number of hydrogen-bond donors (Lipinski definition) is 1. The van der Waals surface area contributed by atoms with E-state index in [4.69, 9.17) is 4.98 Å². The Bertz CT molecular complexity index is 1160. The molecule has 1 atom stereocenters. The maximum Gasteiger partial charge on any atom is 0.274 e. The van der Waals surface area contributed by atoms with E-state index in [-0.39, 0.29) is 11.9 Å². The Kier molecular flexibility index (Phi) is 5.45. The van der Waals surface area contributed by atoms with E-state index < -0.39 is 0 Å². The summed E-state index contributed by atoms with van der Waals surface area (Å²) in [6.07, 6.45) is 11.3. The van der Waals surface area contributed by atoms with E-state index in [0.29, 0.717) is 17.4 Å². The minimum Gasteiger partial charge on any atom is -0.362 e. The molecule has 0 spiro atoms. The predicted octanol–water partition coefficient (Wildman–Crippen LogP) is 4.38. The summed E-state index contributed by atoms with van der Waals surface area (Å²) >= 11 is 1.47. The number of pyridine rings is 2. The van der Waals surface area contributed by atoms with Crippen LogP contribution in [0.25, 0.3) is 0 Å². The predicted molar refractivity (Wildman–Crippen MR) is 121 cm³/mol. The number of nitrogens with one attached hydrogen (secondary N) is 1. The highest BCUT2D eigenvalue weighted by Gasteiger charge is 2.28. The van der Waals surface area contributed by atoms with E-state index >= 15 is 0 Å². The molecule has 156 valence electrons. The molecule has 7 nitrogen and oxygen atoms in total. The molecule has 1 amide bonds. The molecule has 0 aliphatic carbocycles. The molecule has 1 N–H and O–H groups in total. The third-order valence-electron chi connectivity index (χ3n) is 5.48. The van der Waals surface area contributed by atoms with Gasteiger partial charge in [-0.25, -0.2) is 4.98 Å². The fraction of sp³-hybridized carbons (Fsp3) is 0.217. The van der Waals surface area contributed by atoms with Gasteiger partial charge in [0.25, 0.3) is 5.91 Å². The average molecular weight is 431 g/mol. The lowest BCUT2D eigenvalue weighted by molar-refractivity contribution is 0.101. The summed E-state index contributed by atoms with van der Waals surface area (Å²) in [5.74, 6) is -0.157. The molecule has 1 aliphatic heterocycles. The first-order valence-electron chi connectivity index (χ1n) is 10.3. The zero-order valence-electron chi connectivity index (χ0n) is 16.9. The van der Waals surface area contributed by atoms with Crippen LogP contribution in [0.4, 0.5) is 10.8 Å². The molecule has 0 aromatic carbocycles. The van der Waals surface area contributed by atoms with Crippen molar-refractivity contribution in [2.24, 2.45) is 0 Å². The molecule has 0 radical (unpaired) electrons. The Labute approximate surface area is 184 Å². The van der Waals surface area contributed by atoms with Crippen LogP contribution in [0, 0.1) is 0 Å². The molecule has 5 rings (SSSR count). The number of hydrogen-bond acceptors (Lipinski definition) is 6. The molecule has 1 saturated heterocycles. The summed E-state index contributed by atoms with van der Waals surface area (Å²) < 4.78 is 1.93. The van der Waals surface area contributed by atoms with Gasteiger partial charge >= 0.3 is 0 Å². The van der Waals surface area contributed by atoms with Crippen molar-refractivity contribution in [1.82, 2.24) is 19.5 Å². The lowest BCUT2D eigenvalue weighted by Gasteiger charge is -2.25. The highest BCUT2D eigenvalue weighted by atomic mass is 32.1. The van der Waals surface area contributed by atoms with Crippen molar-refractivity contribution in [3.8, 4) is 0 Å². The Morgan fingerprint density at radius 3 is 2.87 bits per heavy atom. The van der Waals surface area contributed by atoms with Gasteiger partial charge in [0, 0.05) is 43.3 Å². The molecule has 31 heavy (non-hydrogen) atoms. The monoisotopic (exact) mass is 430 g/mol. The molecular formula is C23H22N6OS. The number of nitrogens with zero attached hydrogens (tertiary/aromatic N) is 5. The van der Waals surface area contributed by atoms with Crippen molar-refractivity contribution in [3.63, 3.8) is 0 Å². The third-order valence-corrected chi connectivity index (χ3v) is 6.25. The van der Waals surface area contributed by atoms with Crippen LogP contribution >= 0.6 is 11.3 Å². The molecule has 4 aromatic heterocycles. The van der Waals surface area contributed by atoms with Crippen molar-refractivity contribution in [2.45, 2.75) is 25.4 Å². The first-order chi connectivity index (χ1) is 15.3. The van der Waals surface area contributed by atoms with Gasteiger partial charge in [0.15, 0.2) is 5.13 Å². The SMILES string of the molecule is O=C(Nc1nc([C@H]2CCCN2c2cccnc2)cs1)c1cccn1Cc1ccncc1. The van der Waals surface area contributed by atoms with E-state index in [1.54, 1.807) is 18.6 Å². The van der Waals surface area contributed by atoms with Crippen LogP contribution in [-0.2, 0) is 6.54 Å². The van der Waals surface area contributed by atoms with Crippen LogP contribution in [0.15, 0.2) is 72.8 Å². The maximum absolute atomic E-state index is 12.9. The molecule has 0 unspecified atom stereocenters. The van der Waals surface area contributed by atoms with Crippen molar-refractivity contribution in [2.75, 3.05) is 16.8 Å². The minimum absolute atomic E-state index is 0.157. The van der Waals surface area contributed by atoms with Gasteiger partial charge in [-0.1, -0.05) is 0 Å². The number of rotatable bonds is 6. The number of thiazole rings is 1. The average Bonchev–Trinajstić information content (AvgIpc) is 3.56. The van der Waals surface area contributed by atoms with Crippen molar-refractivity contribution < 1.29 is 4.79 Å². The Balaban J connectivity index is 1.29. The van der Waals surface area contributed by atoms with Crippen LogP contribution in [0.3, 0.4) is 0 Å². The number of carbonyl (C=O) groups excluding carboxylic acids is 1. The first-order valence-corrected chi connectivity index (χ1v) is 11.1. The summed E-state index contributed by atoms with van der Waals surface area (Å²) in [7, 11) is 0. The molecule has 5 heterocycles. The first kappa shape index (κ1) is 19.4. The second-order valence-corrected chi connectivity index (χ2v) is 8.33. The summed E-state index contributed by atoms with van der Waals surface area (Å²) in [6.45, 7) is 1.60. The molecule has 0 bridgehead atoms. The molecule has 4 aromatic rings. The molecule has 1 fully saturated rings. The van der Waals surface area contributed by atoms with Crippen molar-refractivity contribution >= 4 is 28.1 Å². The van der Waals surface area contributed by atoms with Gasteiger partial charge < -0.3 is 9.47 Å². The van der Waals surface area contributed by atoms with Crippen LogP contribution in [0.2, 0.25) is 0 Å². The van der Waals surface area contributed by atoms with E-state index in [1.165, 1.54) is 11.3 Å². The molecular weight excluding hydrogens is 408 g/mol. The summed E-state index contributed by atoms with van der Waals surface area (Å²) in [5, 5.41) is 5.64. The fourth-order valence-corrected chi connectivity index (χ4v) is 4.76. The Morgan fingerprint density at radius 1 is 1.13 bits per heavy atom. The number of aromatic nitrogens is 4. The normalized spacial score (nSPS) is 15.9. The summed E-state index contributed by atoms with van der Waals surface area (Å²) in [4.78, 5) is 28.3. The van der Waals surface area contributed by atoms with Crippen LogP contribution in [0.1, 0.15) is 40.6 Å². The lowest BCUT2D eigenvalue weighted by atomic mass is 10.1. The number of amides is 1. The fourth-order valence-electron chi connectivity index (χ4n) is 4.01. The standard InChI is InChI=1S/C23H22N6OS/c30-22(21-6-2-12-28(21)15-17-7-10-24-11-8-17)27-23-26-19(16-31-23)20-5-3-13-29(20)18-4-1-9-25-14-18/h1-2,4,6-12,14,16,20H,3,5,13,15H2,(H,26,27,30)/t20-/m1/s1. The molecule has 8 heteroatoms. The summed E-state index contributed by atoms with van der Waals surface area (Å²) in [5.41, 5.74) is 3.80. The highest BCUT2D eigenvalue weighted by molar-refractivity contribution is 7.14. The van der Waals surface area contributed by atoms with Gasteiger partial charge in [-0.2, -0.15) is 0 Å². The second kappa shape index (κ2) is 8.69. The molecule has 0 saturated carbocycles. The van der Waals surface area contributed by atoms with Gasteiger partial charge in [-0.15, -0.1) is 11.3 Å². The molecule has 1 aliphatic rings. The maximum atomic E-state index is 12.9. The smallest absolute Gasteiger partial charge is 0.274 e. The van der Waals surface area contributed by atoms with E-state index in [2.05, 4.69) is 26.3 Å². The zero-order valence-corrected chi connectivity index (χ0v) is 17.7. The van der Waals surface area contributed by atoms with Crippen molar-refractivity contribution in [3.05, 3.63) is 89.7 Å². The van der Waals surface area contributed by atoms with Gasteiger partial charge in [-0.05, 0) is 54.8 Å². The zero-order chi connectivity index (χ0) is 21.0. The van der Waals surface area contributed by atoms with Crippen LogP contribution < -0.4 is 10.2 Å². The van der Waals surface area contributed by atoms with Gasteiger partial charge in [-0.3, -0.25) is 20.1 Å².